The van der Waals surface area contributed by atoms with Gasteiger partial charge in [0.25, 0.3) is 0 Å². The summed E-state index contributed by atoms with van der Waals surface area (Å²) in [5.41, 5.74) is 1.17. The van der Waals surface area contributed by atoms with Crippen LogP contribution in [0.2, 0.25) is 0 Å². The van der Waals surface area contributed by atoms with Gasteiger partial charge in [0.2, 0.25) is 0 Å². The second kappa shape index (κ2) is 5.41. The lowest BCUT2D eigenvalue weighted by molar-refractivity contribution is 0.0711. The van der Waals surface area contributed by atoms with Crippen molar-refractivity contribution in [3.05, 3.63) is 71.3 Å². The van der Waals surface area contributed by atoms with Crippen molar-refractivity contribution in [2.75, 3.05) is 0 Å². The molecule has 0 saturated carbocycles. The average Bonchev–Trinajstić information content (AvgIpc) is 2.47. The summed E-state index contributed by atoms with van der Waals surface area (Å²) in [6, 6.07) is 16.3. The summed E-state index contributed by atoms with van der Waals surface area (Å²) in [6.45, 7) is 5.34. The monoisotopic (exact) mass is 266 g/mol. The van der Waals surface area contributed by atoms with E-state index < -0.39 is 5.41 Å². The van der Waals surface area contributed by atoms with Crippen molar-refractivity contribution >= 4 is 11.6 Å². The first-order valence-electron chi connectivity index (χ1n) is 6.64. The highest BCUT2D eigenvalue weighted by Gasteiger charge is 2.36. The largest absolute Gasteiger partial charge is 0.293 e. The molecule has 0 radical (unpaired) electrons. The summed E-state index contributed by atoms with van der Waals surface area (Å²) in [5, 5.41) is 0. The Morgan fingerprint density at radius 1 is 0.750 bits per heavy atom. The molecule has 0 aliphatic heterocycles. The fraction of sp³-hybridized carbons (Fsp3) is 0.222. The van der Waals surface area contributed by atoms with Crippen LogP contribution < -0.4 is 0 Å². The minimum absolute atomic E-state index is 0.147. The van der Waals surface area contributed by atoms with Crippen LogP contribution in [0.25, 0.3) is 0 Å². The Balaban J connectivity index is 2.32. The number of hydrogen-bond acceptors (Lipinski definition) is 2. The van der Waals surface area contributed by atoms with Gasteiger partial charge in [-0.3, -0.25) is 9.59 Å². The van der Waals surface area contributed by atoms with Gasteiger partial charge >= 0.3 is 0 Å². The fourth-order valence-electron chi connectivity index (χ4n) is 2.12. The fourth-order valence-corrected chi connectivity index (χ4v) is 2.12. The molecule has 0 aliphatic rings. The lowest BCUT2D eigenvalue weighted by Gasteiger charge is -2.21. The molecule has 0 amide bonds. The van der Waals surface area contributed by atoms with Crippen molar-refractivity contribution in [3.63, 3.8) is 0 Å². The standard InChI is InChI=1S/C18H18O2/c1-13-9-11-15(12-10-13)17(20)18(2,3)16(19)14-7-5-4-6-8-14/h4-12H,1-3H3. The second-order valence-electron chi connectivity index (χ2n) is 5.52. The first-order valence-corrected chi connectivity index (χ1v) is 6.64. The topological polar surface area (TPSA) is 34.1 Å². The minimum Gasteiger partial charge on any atom is -0.293 e. The molecule has 2 nitrogen and oxygen atoms in total. The molecule has 2 aromatic carbocycles. The summed E-state index contributed by atoms with van der Waals surface area (Å²) >= 11 is 0. The molecule has 2 heteroatoms. The van der Waals surface area contributed by atoms with Crippen LogP contribution in [0.15, 0.2) is 54.6 Å². The third-order valence-corrected chi connectivity index (χ3v) is 3.49. The Labute approximate surface area is 119 Å². The lowest BCUT2D eigenvalue weighted by atomic mass is 9.78. The molecule has 20 heavy (non-hydrogen) atoms. The smallest absolute Gasteiger partial charge is 0.176 e. The number of hydrogen-bond donors (Lipinski definition) is 0. The van der Waals surface area contributed by atoms with Gasteiger partial charge in [-0.15, -0.1) is 0 Å². The van der Waals surface area contributed by atoms with Gasteiger partial charge in [-0.1, -0.05) is 60.2 Å². The van der Waals surface area contributed by atoms with E-state index in [9.17, 15) is 9.59 Å². The van der Waals surface area contributed by atoms with Crippen LogP contribution in [0.5, 0.6) is 0 Å². The zero-order valence-electron chi connectivity index (χ0n) is 12.0. The van der Waals surface area contributed by atoms with E-state index in [-0.39, 0.29) is 11.6 Å². The third-order valence-electron chi connectivity index (χ3n) is 3.49. The lowest BCUT2D eigenvalue weighted by Crippen LogP contribution is -2.33. The number of Topliss-reactive ketones (excluding diaryl/α,β-unsaturated/α-hetero) is 2. The predicted molar refractivity (Wildman–Crippen MR) is 80.1 cm³/mol. The molecule has 0 aromatic heterocycles. The van der Waals surface area contributed by atoms with E-state index in [1.54, 1.807) is 50.2 Å². The summed E-state index contributed by atoms with van der Waals surface area (Å²) in [4.78, 5) is 25.1. The Kier molecular flexibility index (Phi) is 3.84. The number of carbonyl (C=O) groups is 2. The van der Waals surface area contributed by atoms with Crippen LogP contribution in [0.1, 0.15) is 40.1 Å². The summed E-state index contributed by atoms with van der Waals surface area (Å²) in [5.74, 6) is -0.296. The molecule has 0 saturated heterocycles. The van der Waals surface area contributed by atoms with E-state index in [0.717, 1.165) is 5.56 Å². The molecule has 102 valence electrons. The Hall–Kier alpha value is -2.22. The second-order valence-corrected chi connectivity index (χ2v) is 5.52. The van der Waals surface area contributed by atoms with E-state index in [4.69, 9.17) is 0 Å². The average molecular weight is 266 g/mol. The Morgan fingerprint density at radius 2 is 1.20 bits per heavy atom. The summed E-state index contributed by atoms with van der Waals surface area (Å²) in [7, 11) is 0. The van der Waals surface area contributed by atoms with Crippen LogP contribution in [0.4, 0.5) is 0 Å². The first kappa shape index (κ1) is 14.2. The molecule has 0 N–H and O–H groups in total. The normalized spacial score (nSPS) is 11.2. The molecular weight excluding hydrogens is 248 g/mol. The van der Waals surface area contributed by atoms with Gasteiger partial charge in [-0.25, -0.2) is 0 Å². The maximum Gasteiger partial charge on any atom is 0.176 e. The highest BCUT2D eigenvalue weighted by Crippen LogP contribution is 2.27. The Bertz CT molecular complexity index is 622. The molecule has 2 aromatic rings. The van der Waals surface area contributed by atoms with E-state index in [0.29, 0.717) is 11.1 Å². The van der Waals surface area contributed by atoms with Crippen LogP contribution in [0, 0.1) is 12.3 Å². The van der Waals surface area contributed by atoms with Gasteiger partial charge in [-0.2, -0.15) is 0 Å². The van der Waals surface area contributed by atoms with E-state index in [2.05, 4.69) is 0 Å². The molecule has 0 spiro atoms. The van der Waals surface area contributed by atoms with Crippen molar-refractivity contribution < 1.29 is 9.59 Å². The summed E-state index contributed by atoms with van der Waals surface area (Å²) < 4.78 is 0. The highest BCUT2D eigenvalue weighted by atomic mass is 16.2. The quantitative estimate of drug-likeness (QED) is 0.617. The SMILES string of the molecule is Cc1ccc(C(=O)C(C)(C)C(=O)c2ccccc2)cc1. The van der Waals surface area contributed by atoms with E-state index in [1.165, 1.54) is 0 Å². The van der Waals surface area contributed by atoms with Crippen molar-refractivity contribution in [3.8, 4) is 0 Å². The number of ketones is 2. The first-order chi connectivity index (χ1) is 9.43. The zero-order chi connectivity index (χ0) is 14.8. The number of rotatable bonds is 4. The maximum absolute atomic E-state index is 12.6. The highest BCUT2D eigenvalue weighted by molar-refractivity contribution is 6.19. The van der Waals surface area contributed by atoms with Gasteiger partial charge in [-0.05, 0) is 20.8 Å². The molecule has 2 rings (SSSR count). The predicted octanol–water partition coefficient (Wildman–Crippen LogP) is 4.09. The molecule has 0 heterocycles. The maximum atomic E-state index is 12.6. The van der Waals surface area contributed by atoms with Crippen molar-refractivity contribution in [1.29, 1.82) is 0 Å². The molecule has 0 atom stereocenters. The van der Waals surface area contributed by atoms with Gasteiger partial charge in [0.15, 0.2) is 11.6 Å². The number of carbonyl (C=O) groups excluding carboxylic acids is 2. The minimum atomic E-state index is -1.06. The van der Waals surface area contributed by atoms with Gasteiger partial charge in [0.1, 0.15) is 0 Å². The molecule has 0 aliphatic carbocycles. The van der Waals surface area contributed by atoms with Gasteiger partial charge in [0, 0.05) is 11.1 Å². The molecule has 0 bridgehead atoms. The van der Waals surface area contributed by atoms with Crippen molar-refractivity contribution in [2.45, 2.75) is 20.8 Å². The zero-order valence-corrected chi connectivity index (χ0v) is 12.0. The molecule has 0 fully saturated rings. The summed E-state index contributed by atoms with van der Waals surface area (Å²) in [6.07, 6.45) is 0. The van der Waals surface area contributed by atoms with Crippen LogP contribution >= 0.6 is 0 Å². The van der Waals surface area contributed by atoms with Crippen LogP contribution in [-0.2, 0) is 0 Å². The van der Waals surface area contributed by atoms with E-state index >= 15 is 0 Å². The number of aryl methyl sites for hydroxylation is 1. The number of benzene rings is 2. The van der Waals surface area contributed by atoms with Crippen LogP contribution in [0.3, 0.4) is 0 Å². The van der Waals surface area contributed by atoms with E-state index in [1.807, 2.05) is 25.1 Å². The van der Waals surface area contributed by atoms with Crippen molar-refractivity contribution in [2.24, 2.45) is 5.41 Å². The van der Waals surface area contributed by atoms with Crippen molar-refractivity contribution in [1.82, 2.24) is 0 Å². The van der Waals surface area contributed by atoms with Gasteiger partial charge in [0.05, 0.1) is 5.41 Å². The molecule has 0 unspecified atom stereocenters. The third kappa shape index (κ3) is 2.69. The molecular formula is C18H18O2. The van der Waals surface area contributed by atoms with Gasteiger partial charge < -0.3 is 0 Å². The van der Waals surface area contributed by atoms with Crippen LogP contribution in [-0.4, -0.2) is 11.6 Å². The Morgan fingerprint density at radius 3 is 1.70 bits per heavy atom.